The number of hydrogen-bond acceptors (Lipinski definition) is 2. The van der Waals surface area contributed by atoms with Crippen molar-refractivity contribution in [3.05, 3.63) is 34.9 Å². The van der Waals surface area contributed by atoms with Crippen LogP contribution in [0.15, 0.2) is 18.2 Å². The number of carbonyl (C=O) groups is 1. The molecule has 110 valence electrons. The van der Waals surface area contributed by atoms with Crippen molar-refractivity contribution in [2.75, 3.05) is 13.1 Å². The van der Waals surface area contributed by atoms with Crippen LogP contribution in [0.3, 0.4) is 0 Å². The van der Waals surface area contributed by atoms with Crippen LogP contribution in [0.2, 0.25) is 0 Å². The van der Waals surface area contributed by atoms with E-state index in [1.807, 2.05) is 0 Å². The minimum Gasteiger partial charge on any atom is -0.353 e. The van der Waals surface area contributed by atoms with Crippen LogP contribution >= 0.6 is 0 Å². The summed E-state index contributed by atoms with van der Waals surface area (Å²) in [6.45, 7) is 8.21. The second-order valence-corrected chi connectivity index (χ2v) is 6.09. The number of aryl methyl sites for hydroxylation is 2. The molecule has 0 bridgehead atoms. The van der Waals surface area contributed by atoms with E-state index in [2.05, 4.69) is 49.6 Å². The van der Waals surface area contributed by atoms with E-state index in [0.29, 0.717) is 0 Å². The van der Waals surface area contributed by atoms with Gasteiger partial charge in [0.15, 0.2) is 0 Å². The molecule has 20 heavy (non-hydrogen) atoms. The minimum atomic E-state index is 0.144. The van der Waals surface area contributed by atoms with Crippen LogP contribution in [0.25, 0.3) is 0 Å². The lowest BCUT2D eigenvalue weighted by Crippen LogP contribution is -2.44. The summed E-state index contributed by atoms with van der Waals surface area (Å²) in [5, 5.41) is 6.45. The maximum atomic E-state index is 12.2. The van der Waals surface area contributed by atoms with E-state index < -0.39 is 0 Å². The molecule has 0 saturated carbocycles. The van der Waals surface area contributed by atoms with Crippen molar-refractivity contribution in [1.82, 2.24) is 10.6 Å². The third-order valence-electron chi connectivity index (χ3n) is 4.08. The second-order valence-electron chi connectivity index (χ2n) is 6.09. The van der Waals surface area contributed by atoms with E-state index in [1.54, 1.807) is 0 Å². The molecule has 0 radical (unpaired) electrons. The Morgan fingerprint density at radius 2 is 2.25 bits per heavy atom. The molecule has 3 heteroatoms. The van der Waals surface area contributed by atoms with Gasteiger partial charge in [-0.15, -0.1) is 0 Å². The fraction of sp³-hybridized carbons (Fsp3) is 0.588. The maximum absolute atomic E-state index is 12.2. The van der Waals surface area contributed by atoms with Gasteiger partial charge in [0.1, 0.15) is 0 Å². The molecular weight excluding hydrogens is 248 g/mol. The molecule has 1 aliphatic rings. The summed E-state index contributed by atoms with van der Waals surface area (Å²) in [7, 11) is 0. The highest BCUT2D eigenvalue weighted by molar-refractivity contribution is 5.79. The Kier molecular flexibility index (Phi) is 5.18. The Morgan fingerprint density at radius 3 is 2.90 bits per heavy atom. The fourth-order valence-electron chi connectivity index (χ4n) is 2.89. The zero-order valence-electron chi connectivity index (χ0n) is 12.8. The van der Waals surface area contributed by atoms with Crippen molar-refractivity contribution < 1.29 is 4.79 Å². The van der Waals surface area contributed by atoms with Gasteiger partial charge < -0.3 is 10.6 Å². The molecular formula is C17H26N2O. The quantitative estimate of drug-likeness (QED) is 0.885. The summed E-state index contributed by atoms with van der Waals surface area (Å²) in [5.74, 6) is 0.347. The average Bonchev–Trinajstić information content (AvgIpc) is 2.43. The minimum absolute atomic E-state index is 0.144. The fourth-order valence-corrected chi connectivity index (χ4v) is 2.89. The summed E-state index contributed by atoms with van der Waals surface area (Å²) in [6, 6.07) is 6.71. The van der Waals surface area contributed by atoms with E-state index >= 15 is 0 Å². The first-order chi connectivity index (χ1) is 9.56. The van der Waals surface area contributed by atoms with Crippen LogP contribution in [0.5, 0.6) is 0 Å². The van der Waals surface area contributed by atoms with Crippen molar-refractivity contribution in [3.8, 4) is 0 Å². The lowest BCUT2D eigenvalue weighted by Gasteiger charge is -2.24. The van der Waals surface area contributed by atoms with Gasteiger partial charge in [-0.3, -0.25) is 4.79 Å². The largest absolute Gasteiger partial charge is 0.353 e. The molecule has 1 amide bonds. The Morgan fingerprint density at radius 1 is 1.45 bits per heavy atom. The number of amides is 1. The average molecular weight is 274 g/mol. The molecule has 2 rings (SSSR count). The van der Waals surface area contributed by atoms with Gasteiger partial charge in [0.05, 0.1) is 5.92 Å². The number of nitrogens with one attached hydrogen (secondary N) is 2. The second kappa shape index (κ2) is 6.89. The molecule has 2 N–H and O–H groups in total. The normalized spacial score (nSPS) is 20.4. The molecule has 1 aromatic rings. The molecule has 0 aliphatic carbocycles. The van der Waals surface area contributed by atoms with E-state index in [-0.39, 0.29) is 17.9 Å². The molecule has 1 saturated heterocycles. The van der Waals surface area contributed by atoms with Crippen LogP contribution in [0.1, 0.15) is 36.5 Å². The van der Waals surface area contributed by atoms with Gasteiger partial charge in [-0.1, -0.05) is 23.8 Å². The van der Waals surface area contributed by atoms with Crippen molar-refractivity contribution >= 4 is 5.91 Å². The Labute approximate surface area is 122 Å². The number of rotatable bonds is 4. The first-order valence-corrected chi connectivity index (χ1v) is 7.63. The molecule has 2 unspecified atom stereocenters. The van der Waals surface area contributed by atoms with Crippen LogP contribution in [0.4, 0.5) is 0 Å². The van der Waals surface area contributed by atoms with Gasteiger partial charge in [-0.2, -0.15) is 0 Å². The zero-order chi connectivity index (χ0) is 14.5. The third-order valence-corrected chi connectivity index (χ3v) is 4.08. The molecule has 1 aromatic carbocycles. The molecule has 1 fully saturated rings. The Bertz CT molecular complexity index is 464. The van der Waals surface area contributed by atoms with Gasteiger partial charge in [0.25, 0.3) is 0 Å². The molecule has 3 nitrogen and oxygen atoms in total. The molecule has 0 spiro atoms. The van der Waals surface area contributed by atoms with E-state index in [1.165, 1.54) is 16.7 Å². The number of piperidine rings is 1. The molecule has 1 aliphatic heterocycles. The monoisotopic (exact) mass is 274 g/mol. The lowest BCUT2D eigenvalue weighted by atomic mass is 9.97. The van der Waals surface area contributed by atoms with Gasteiger partial charge in [0.2, 0.25) is 5.91 Å². The number of hydrogen-bond donors (Lipinski definition) is 2. The molecule has 0 aromatic heterocycles. The number of benzene rings is 1. The van der Waals surface area contributed by atoms with Crippen LogP contribution in [0, 0.1) is 19.8 Å². The molecule has 2 atom stereocenters. The summed E-state index contributed by atoms with van der Waals surface area (Å²) in [4.78, 5) is 12.2. The zero-order valence-corrected chi connectivity index (χ0v) is 12.8. The van der Waals surface area contributed by atoms with Gasteiger partial charge in [-0.25, -0.2) is 0 Å². The third kappa shape index (κ3) is 4.07. The lowest BCUT2D eigenvalue weighted by molar-refractivity contribution is -0.126. The van der Waals surface area contributed by atoms with Crippen molar-refractivity contribution in [2.45, 2.75) is 46.1 Å². The van der Waals surface area contributed by atoms with Crippen LogP contribution in [-0.2, 0) is 11.2 Å². The van der Waals surface area contributed by atoms with Crippen molar-refractivity contribution in [1.29, 1.82) is 0 Å². The van der Waals surface area contributed by atoms with E-state index in [0.717, 1.165) is 32.4 Å². The van der Waals surface area contributed by atoms with Crippen molar-refractivity contribution in [3.63, 3.8) is 0 Å². The van der Waals surface area contributed by atoms with Crippen molar-refractivity contribution in [2.24, 2.45) is 5.92 Å². The summed E-state index contributed by atoms with van der Waals surface area (Å²) >= 11 is 0. The SMILES string of the molecule is Cc1ccc(CC(C)NC(=O)C2CCCNC2)c(C)c1. The maximum Gasteiger partial charge on any atom is 0.224 e. The predicted octanol–water partition coefficient (Wildman–Crippen LogP) is 2.35. The Balaban J connectivity index is 1.88. The Hall–Kier alpha value is -1.35. The highest BCUT2D eigenvalue weighted by Crippen LogP contribution is 2.14. The highest BCUT2D eigenvalue weighted by Gasteiger charge is 2.22. The summed E-state index contributed by atoms with van der Waals surface area (Å²) in [5.41, 5.74) is 3.92. The summed E-state index contributed by atoms with van der Waals surface area (Å²) < 4.78 is 0. The van der Waals surface area contributed by atoms with Crippen LogP contribution < -0.4 is 10.6 Å². The first-order valence-electron chi connectivity index (χ1n) is 7.63. The summed E-state index contributed by atoms with van der Waals surface area (Å²) in [6.07, 6.45) is 3.01. The van der Waals surface area contributed by atoms with Gasteiger partial charge in [0, 0.05) is 12.6 Å². The van der Waals surface area contributed by atoms with Crippen LogP contribution in [-0.4, -0.2) is 25.0 Å². The predicted molar refractivity (Wildman–Crippen MR) is 82.8 cm³/mol. The first kappa shape index (κ1) is 15.0. The van der Waals surface area contributed by atoms with E-state index in [4.69, 9.17) is 0 Å². The standard InChI is InChI=1S/C17H26N2O/c1-12-6-7-15(13(2)9-12)10-14(3)19-17(20)16-5-4-8-18-11-16/h6-7,9,14,16,18H,4-5,8,10-11H2,1-3H3,(H,19,20). The number of carbonyl (C=O) groups excluding carboxylic acids is 1. The topological polar surface area (TPSA) is 41.1 Å². The van der Waals surface area contributed by atoms with E-state index in [9.17, 15) is 4.79 Å². The smallest absolute Gasteiger partial charge is 0.224 e. The van der Waals surface area contributed by atoms with Gasteiger partial charge in [-0.05, 0) is 57.7 Å². The molecule has 1 heterocycles. The highest BCUT2D eigenvalue weighted by atomic mass is 16.1. The van der Waals surface area contributed by atoms with Gasteiger partial charge >= 0.3 is 0 Å².